The molecule has 2 aromatic carbocycles. The first-order valence-corrected chi connectivity index (χ1v) is 13.7. The highest BCUT2D eigenvalue weighted by atomic mass is 79.9. The number of rotatable bonds is 8. The topological polar surface area (TPSA) is 117 Å². The van der Waals surface area contributed by atoms with Gasteiger partial charge in [-0.15, -0.1) is 13.2 Å². The molecule has 2 aliphatic rings. The monoisotopic (exact) mass is 620 g/mol. The third-order valence-electron chi connectivity index (χ3n) is 7.98. The SMILES string of the molecule is C=CC[C@@]1(CO)CNC[C@]1(N)c1cccc(Br)c1.C=CC[C@@]1(CO)CNC[C@]1(N)c1cccc(Br)c1. The molecule has 196 valence electrons. The van der Waals surface area contributed by atoms with E-state index in [9.17, 15) is 10.2 Å². The number of aliphatic hydroxyl groups is 2. The lowest BCUT2D eigenvalue weighted by Crippen LogP contribution is -2.54. The Morgan fingerprint density at radius 2 is 1.14 bits per heavy atom. The Kier molecular flexibility index (Phi) is 9.74. The molecule has 2 aliphatic heterocycles. The first kappa shape index (κ1) is 29.2. The van der Waals surface area contributed by atoms with Crippen LogP contribution in [0.2, 0.25) is 0 Å². The molecule has 0 aliphatic carbocycles. The van der Waals surface area contributed by atoms with Crippen molar-refractivity contribution in [3.8, 4) is 0 Å². The molecule has 0 spiro atoms. The van der Waals surface area contributed by atoms with E-state index >= 15 is 0 Å². The molecule has 0 amide bonds. The second-order valence-electron chi connectivity index (χ2n) is 10.0. The van der Waals surface area contributed by atoms with E-state index in [0.29, 0.717) is 39.0 Å². The molecule has 0 radical (unpaired) electrons. The summed E-state index contributed by atoms with van der Waals surface area (Å²) in [6.07, 6.45) is 5.06. The van der Waals surface area contributed by atoms with Crippen LogP contribution in [-0.2, 0) is 11.1 Å². The van der Waals surface area contributed by atoms with E-state index in [1.165, 1.54) is 0 Å². The predicted molar refractivity (Wildman–Crippen MR) is 154 cm³/mol. The van der Waals surface area contributed by atoms with Crippen molar-refractivity contribution >= 4 is 31.9 Å². The van der Waals surface area contributed by atoms with E-state index in [1.54, 1.807) is 0 Å². The van der Waals surface area contributed by atoms with Crippen molar-refractivity contribution in [3.05, 3.63) is 93.9 Å². The molecule has 36 heavy (non-hydrogen) atoms. The first-order chi connectivity index (χ1) is 17.2. The van der Waals surface area contributed by atoms with Crippen LogP contribution >= 0.6 is 31.9 Å². The summed E-state index contributed by atoms with van der Waals surface area (Å²) in [7, 11) is 0. The molecule has 0 unspecified atom stereocenters. The summed E-state index contributed by atoms with van der Waals surface area (Å²) in [4.78, 5) is 0. The molecule has 0 bridgehead atoms. The highest BCUT2D eigenvalue weighted by Crippen LogP contribution is 2.45. The summed E-state index contributed by atoms with van der Waals surface area (Å²) < 4.78 is 2.00. The zero-order valence-corrected chi connectivity index (χ0v) is 23.8. The Labute approximate surface area is 231 Å². The summed E-state index contributed by atoms with van der Waals surface area (Å²) in [5.74, 6) is 0. The summed E-state index contributed by atoms with van der Waals surface area (Å²) in [6, 6.07) is 16.0. The predicted octanol–water partition coefficient (Wildman–Crippen LogP) is 3.52. The molecular formula is C28H38Br2N4O2. The number of nitrogens with two attached hydrogens (primary N) is 2. The molecule has 2 fully saturated rings. The highest BCUT2D eigenvalue weighted by molar-refractivity contribution is 9.10. The second kappa shape index (κ2) is 12.0. The van der Waals surface area contributed by atoms with Gasteiger partial charge in [0.2, 0.25) is 0 Å². The zero-order valence-electron chi connectivity index (χ0n) is 20.6. The van der Waals surface area contributed by atoms with Crippen molar-refractivity contribution < 1.29 is 10.2 Å². The van der Waals surface area contributed by atoms with E-state index in [-0.39, 0.29) is 24.0 Å². The lowest BCUT2D eigenvalue weighted by atomic mass is 9.67. The van der Waals surface area contributed by atoms with Crippen LogP contribution in [-0.4, -0.2) is 49.6 Å². The van der Waals surface area contributed by atoms with Crippen LogP contribution in [0, 0.1) is 10.8 Å². The van der Waals surface area contributed by atoms with E-state index in [0.717, 1.165) is 20.1 Å². The third kappa shape index (κ3) is 5.28. The van der Waals surface area contributed by atoms with Gasteiger partial charge in [0.15, 0.2) is 0 Å². The minimum Gasteiger partial charge on any atom is -0.396 e. The smallest absolute Gasteiger partial charge is 0.0630 e. The molecule has 8 heteroatoms. The van der Waals surface area contributed by atoms with Crippen molar-refractivity contribution in [2.45, 2.75) is 23.9 Å². The Hall–Kier alpha value is -1.36. The molecule has 2 aromatic rings. The maximum absolute atomic E-state index is 9.83. The van der Waals surface area contributed by atoms with Crippen molar-refractivity contribution in [2.24, 2.45) is 22.3 Å². The van der Waals surface area contributed by atoms with Crippen LogP contribution in [0.1, 0.15) is 24.0 Å². The largest absolute Gasteiger partial charge is 0.396 e. The second-order valence-corrected chi connectivity index (χ2v) is 11.9. The van der Waals surface area contributed by atoms with Crippen LogP contribution in [0.25, 0.3) is 0 Å². The number of hydrogen-bond acceptors (Lipinski definition) is 6. The molecule has 8 N–H and O–H groups in total. The standard InChI is InChI=1S/2C14H19BrN2O/c2*1-2-6-13(10-18)8-17-9-14(13,16)11-4-3-5-12(15)7-11/h2*2-5,7,17-18H,1,6,8-10,16H2/t2*13-,14-/m00/s1. The average molecular weight is 622 g/mol. The van der Waals surface area contributed by atoms with Gasteiger partial charge in [0.25, 0.3) is 0 Å². The Balaban J connectivity index is 0.000000201. The van der Waals surface area contributed by atoms with Crippen molar-refractivity contribution in [2.75, 3.05) is 39.4 Å². The zero-order chi connectivity index (χ0) is 26.5. The fraction of sp³-hybridized carbons (Fsp3) is 0.429. The first-order valence-electron chi connectivity index (χ1n) is 12.1. The van der Waals surface area contributed by atoms with Crippen LogP contribution in [0.4, 0.5) is 0 Å². The van der Waals surface area contributed by atoms with Crippen molar-refractivity contribution in [1.82, 2.24) is 10.6 Å². The van der Waals surface area contributed by atoms with Gasteiger partial charge in [0.05, 0.1) is 24.3 Å². The van der Waals surface area contributed by atoms with Gasteiger partial charge >= 0.3 is 0 Å². The van der Waals surface area contributed by atoms with Gasteiger partial charge in [-0.05, 0) is 48.2 Å². The molecule has 4 atom stereocenters. The van der Waals surface area contributed by atoms with E-state index < -0.39 is 11.1 Å². The Morgan fingerprint density at radius 3 is 1.44 bits per heavy atom. The van der Waals surface area contributed by atoms with Crippen LogP contribution < -0.4 is 22.1 Å². The number of benzene rings is 2. The number of nitrogens with one attached hydrogen (secondary N) is 2. The number of allylic oxidation sites excluding steroid dienone is 2. The van der Waals surface area contributed by atoms with Gasteiger partial charge in [0, 0.05) is 46.0 Å². The van der Waals surface area contributed by atoms with E-state index in [2.05, 4.69) is 55.7 Å². The summed E-state index contributed by atoms with van der Waals surface area (Å²) in [5.41, 5.74) is 13.4. The molecule has 0 saturated carbocycles. The fourth-order valence-corrected chi connectivity index (χ4v) is 6.42. The molecule has 6 nitrogen and oxygen atoms in total. The van der Waals surface area contributed by atoms with E-state index in [4.69, 9.17) is 11.5 Å². The van der Waals surface area contributed by atoms with Crippen LogP contribution in [0.15, 0.2) is 82.8 Å². The molecule has 4 rings (SSSR count). The van der Waals surface area contributed by atoms with Gasteiger partial charge in [-0.3, -0.25) is 0 Å². The lowest BCUT2D eigenvalue weighted by molar-refractivity contribution is 0.0797. The van der Waals surface area contributed by atoms with Crippen molar-refractivity contribution in [3.63, 3.8) is 0 Å². The van der Waals surface area contributed by atoms with Gasteiger partial charge in [-0.1, -0.05) is 68.3 Å². The minimum atomic E-state index is -0.570. The summed E-state index contributed by atoms with van der Waals surface area (Å²) in [5, 5.41) is 26.3. The maximum Gasteiger partial charge on any atom is 0.0630 e. The van der Waals surface area contributed by atoms with Gasteiger partial charge in [-0.25, -0.2) is 0 Å². The summed E-state index contributed by atoms with van der Waals surface area (Å²) >= 11 is 6.95. The van der Waals surface area contributed by atoms with Gasteiger partial charge in [0.1, 0.15) is 0 Å². The third-order valence-corrected chi connectivity index (χ3v) is 8.97. The van der Waals surface area contributed by atoms with Gasteiger partial charge < -0.3 is 32.3 Å². The normalized spacial score (nSPS) is 31.5. The Morgan fingerprint density at radius 1 is 0.750 bits per heavy atom. The van der Waals surface area contributed by atoms with Crippen molar-refractivity contribution in [1.29, 1.82) is 0 Å². The number of halogens is 2. The molecular weight excluding hydrogens is 584 g/mol. The Bertz CT molecular complexity index is 986. The molecule has 2 heterocycles. The highest BCUT2D eigenvalue weighted by Gasteiger charge is 2.53. The van der Waals surface area contributed by atoms with Gasteiger partial charge in [-0.2, -0.15) is 0 Å². The number of hydrogen-bond donors (Lipinski definition) is 6. The molecule has 0 aromatic heterocycles. The fourth-order valence-electron chi connectivity index (χ4n) is 5.62. The molecule has 2 saturated heterocycles. The average Bonchev–Trinajstić information content (AvgIpc) is 3.38. The minimum absolute atomic E-state index is 0.0506. The summed E-state index contributed by atoms with van der Waals surface area (Å²) in [6.45, 7) is 10.4. The van der Waals surface area contributed by atoms with Crippen LogP contribution in [0.3, 0.4) is 0 Å². The quantitative estimate of drug-likeness (QED) is 0.251. The van der Waals surface area contributed by atoms with Crippen LogP contribution in [0.5, 0.6) is 0 Å². The maximum atomic E-state index is 9.83. The number of aliphatic hydroxyl groups excluding tert-OH is 2. The lowest BCUT2D eigenvalue weighted by Gasteiger charge is -2.41. The van der Waals surface area contributed by atoms with E-state index in [1.807, 2.05) is 60.7 Å².